The highest BCUT2D eigenvalue weighted by Crippen LogP contribution is 2.20. The molecule has 1 rings (SSSR count). The number of sulfonamides is 1. The summed E-state index contributed by atoms with van der Waals surface area (Å²) in [7, 11) is -3.85. The van der Waals surface area contributed by atoms with Crippen LogP contribution >= 0.6 is 0 Å². The monoisotopic (exact) mass is 304 g/mol. The Morgan fingerprint density at radius 3 is 2.55 bits per heavy atom. The molecule has 110 valence electrons. The van der Waals surface area contributed by atoms with Gasteiger partial charge in [0.25, 0.3) is 0 Å². The molecular formula is C11H13FN2O5S. The first-order valence-electron chi connectivity index (χ1n) is 5.49. The predicted molar refractivity (Wildman–Crippen MR) is 70.4 cm³/mol. The molecule has 0 heterocycles. The van der Waals surface area contributed by atoms with Crippen molar-refractivity contribution in [1.29, 1.82) is 0 Å². The largest absolute Gasteiger partial charge is 0.481 e. The summed E-state index contributed by atoms with van der Waals surface area (Å²) in [6, 6.07) is 3.26. The Kier molecular flexibility index (Phi) is 5.03. The van der Waals surface area contributed by atoms with E-state index in [2.05, 4.69) is 10.0 Å². The number of benzene rings is 1. The minimum absolute atomic E-state index is 0.0283. The zero-order valence-electron chi connectivity index (χ0n) is 10.5. The van der Waals surface area contributed by atoms with Crippen LogP contribution in [0, 0.1) is 5.82 Å². The van der Waals surface area contributed by atoms with Crippen molar-refractivity contribution in [2.75, 3.05) is 15.8 Å². The van der Waals surface area contributed by atoms with Gasteiger partial charge in [-0.15, -0.1) is 0 Å². The Balaban J connectivity index is 2.87. The topological polar surface area (TPSA) is 113 Å². The van der Waals surface area contributed by atoms with E-state index in [1.807, 2.05) is 0 Å². The van der Waals surface area contributed by atoms with Gasteiger partial charge in [0.05, 0.1) is 23.5 Å². The van der Waals surface area contributed by atoms with E-state index in [0.717, 1.165) is 12.1 Å². The number of carbonyl (C=O) groups is 2. The van der Waals surface area contributed by atoms with Gasteiger partial charge in [0.15, 0.2) is 0 Å². The third kappa shape index (κ3) is 5.22. The lowest BCUT2D eigenvalue weighted by Crippen LogP contribution is -2.19. The second kappa shape index (κ2) is 6.33. The molecule has 0 fully saturated rings. The van der Waals surface area contributed by atoms with Crippen molar-refractivity contribution in [2.24, 2.45) is 0 Å². The maximum absolute atomic E-state index is 13.3. The molecule has 0 radical (unpaired) electrons. The maximum Gasteiger partial charge on any atom is 0.304 e. The third-order valence-electron chi connectivity index (χ3n) is 2.14. The molecular weight excluding hydrogens is 291 g/mol. The summed E-state index contributed by atoms with van der Waals surface area (Å²) in [4.78, 5) is 21.2. The van der Waals surface area contributed by atoms with E-state index in [1.54, 1.807) is 0 Å². The summed E-state index contributed by atoms with van der Waals surface area (Å²) in [6.45, 7) is 1.18. The van der Waals surface area contributed by atoms with Gasteiger partial charge in [-0.3, -0.25) is 14.3 Å². The van der Waals surface area contributed by atoms with Crippen LogP contribution in [0.15, 0.2) is 18.2 Å². The Labute approximate surface area is 114 Å². The van der Waals surface area contributed by atoms with Crippen molar-refractivity contribution in [2.45, 2.75) is 13.3 Å². The highest BCUT2D eigenvalue weighted by Gasteiger charge is 2.14. The van der Waals surface area contributed by atoms with E-state index in [0.29, 0.717) is 0 Å². The highest BCUT2D eigenvalue weighted by atomic mass is 32.2. The van der Waals surface area contributed by atoms with Crippen LogP contribution in [0.3, 0.4) is 0 Å². The minimum Gasteiger partial charge on any atom is -0.481 e. The molecule has 7 nitrogen and oxygen atoms in total. The molecule has 0 bridgehead atoms. The van der Waals surface area contributed by atoms with E-state index in [9.17, 15) is 22.4 Å². The third-order valence-corrected chi connectivity index (χ3v) is 3.42. The number of carboxylic acid groups (broad SMARTS) is 1. The smallest absolute Gasteiger partial charge is 0.304 e. The summed E-state index contributed by atoms with van der Waals surface area (Å²) < 4.78 is 38.6. The lowest BCUT2D eigenvalue weighted by atomic mass is 10.2. The summed E-state index contributed by atoms with van der Waals surface area (Å²) >= 11 is 0. The van der Waals surface area contributed by atoms with E-state index >= 15 is 0 Å². The number of anilines is 2. The zero-order chi connectivity index (χ0) is 15.3. The molecule has 1 amide bonds. The van der Waals surface area contributed by atoms with Crippen LogP contribution in [0.5, 0.6) is 0 Å². The fraction of sp³-hybridized carbons (Fsp3) is 0.273. The average Bonchev–Trinajstić information content (AvgIpc) is 2.30. The summed E-state index contributed by atoms with van der Waals surface area (Å²) in [6.07, 6.45) is -0.547. The quantitative estimate of drug-likeness (QED) is 0.725. The highest BCUT2D eigenvalue weighted by molar-refractivity contribution is 7.92. The maximum atomic E-state index is 13.3. The molecule has 9 heteroatoms. The van der Waals surface area contributed by atoms with Gasteiger partial charge in [-0.05, 0) is 18.2 Å². The van der Waals surface area contributed by atoms with E-state index < -0.39 is 39.9 Å². The summed E-state index contributed by atoms with van der Waals surface area (Å²) in [5, 5.41) is 10.6. The minimum atomic E-state index is -3.85. The lowest BCUT2D eigenvalue weighted by Gasteiger charge is -2.10. The van der Waals surface area contributed by atoms with Crippen LogP contribution in [-0.4, -0.2) is 31.2 Å². The van der Waals surface area contributed by atoms with Crippen LogP contribution in [0.4, 0.5) is 15.8 Å². The van der Waals surface area contributed by atoms with Gasteiger partial charge in [-0.25, -0.2) is 12.8 Å². The Morgan fingerprint density at radius 2 is 2.00 bits per heavy atom. The average molecular weight is 304 g/mol. The molecule has 1 aromatic carbocycles. The van der Waals surface area contributed by atoms with Crippen molar-refractivity contribution >= 4 is 33.3 Å². The van der Waals surface area contributed by atoms with Gasteiger partial charge in [0.1, 0.15) is 5.82 Å². The normalized spacial score (nSPS) is 10.9. The van der Waals surface area contributed by atoms with Gasteiger partial charge in [0, 0.05) is 6.92 Å². The van der Waals surface area contributed by atoms with Gasteiger partial charge in [0.2, 0.25) is 15.9 Å². The molecule has 0 atom stereocenters. The second-order valence-corrected chi connectivity index (χ2v) is 5.78. The molecule has 0 aromatic heterocycles. The molecule has 0 saturated carbocycles. The Hall–Kier alpha value is -2.16. The standard InChI is InChI=1S/C11H13FN2O5S/c1-7(15)13-10-6-8(2-3-9(10)12)14-20(18,19)5-4-11(16)17/h2-3,6,14H,4-5H2,1H3,(H,13,15)(H,16,17). The number of nitrogens with one attached hydrogen (secondary N) is 2. The molecule has 0 aliphatic rings. The fourth-order valence-corrected chi connectivity index (χ4v) is 2.36. The van der Waals surface area contributed by atoms with Crippen LogP contribution in [0.2, 0.25) is 0 Å². The first-order chi connectivity index (χ1) is 9.19. The molecule has 20 heavy (non-hydrogen) atoms. The van der Waals surface area contributed by atoms with Gasteiger partial charge in [-0.1, -0.05) is 0 Å². The number of halogens is 1. The summed E-state index contributed by atoms with van der Waals surface area (Å²) in [5.74, 6) is -3.06. The van der Waals surface area contributed by atoms with Crippen molar-refractivity contribution in [3.63, 3.8) is 0 Å². The van der Waals surface area contributed by atoms with Crippen molar-refractivity contribution < 1.29 is 27.5 Å². The van der Waals surface area contributed by atoms with E-state index in [4.69, 9.17) is 5.11 Å². The lowest BCUT2D eigenvalue weighted by molar-refractivity contribution is -0.136. The number of hydrogen-bond donors (Lipinski definition) is 3. The molecule has 3 N–H and O–H groups in total. The number of hydrogen-bond acceptors (Lipinski definition) is 4. The zero-order valence-corrected chi connectivity index (χ0v) is 11.3. The SMILES string of the molecule is CC(=O)Nc1cc(NS(=O)(=O)CCC(=O)O)ccc1F. The number of carbonyl (C=O) groups excluding carboxylic acids is 1. The molecule has 1 aromatic rings. The van der Waals surface area contributed by atoms with Crippen molar-refractivity contribution in [3.05, 3.63) is 24.0 Å². The van der Waals surface area contributed by atoms with Crippen molar-refractivity contribution in [3.8, 4) is 0 Å². The van der Waals surface area contributed by atoms with Gasteiger partial charge >= 0.3 is 5.97 Å². The molecule has 0 aliphatic carbocycles. The van der Waals surface area contributed by atoms with Gasteiger partial charge < -0.3 is 10.4 Å². The number of amides is 1. The van der Waals surface area contributed by atoms with Crippen molar-refractivity contribution in [1.82, 2.24) is 0 Å². The van der Waals surface area contributed by atoms with E-state index in [1.165, 1.54) is 13.0 Å². The molecule has 0 spiro atoms. The molecule has 0 saturated heterocycles. The first kappa shape index (κ1) is 15.9. The summed E-state index contributed by atoms with van der Waals surface area (Å²) in [5.41, 5.74) is -0.142. The number of carboxylic acids is 1. The number of rotatable bonds is 6. The van der Waals surface area contributed by atoms with E-state index in [-0.39, 0.29) is 11.4 Å². The predicted octanol–water partition coefficient (Wildman–Crippen LogP) is 1.00. The van der Waals surface area contributed by atoms with Crippen LogP contribution in [-0.2, 0) is 19.6 Å². The second-order valence-electron chi connectivity index (χ2n) is 3.94. The first-order valence-corrected chi connectivity index (χ1v) is 7.14. The molecule has 0 aliphatic heterocycles. The number of aliphatic carboxylic acids is 1. The van der Waals surface area contributed by atoms with Gasteiger partial charge in [-0.2, -0.15) is 0 Å². The Morgan fingerprint density at radius 1 is 1.35 bits per heavy atom. The van der Waals surface area contributed by atoms with Crippen LogP contribution < -0.4 is 10.0 Å². The molecule has 0 unspecified atom stereocenters. The van der Waals surface area contributed by atoms with Crippen LogP contribution in [0.25, 0.3) is 0 Å². The van der Waals surface area contributed by atoms with Crippen LogP contribution in [0.1, 0.15) is 13.3 Å². The Bertz CT molecular complexity index is 630. The fourth-order valence-electron chi connectivity index (χ4n) is 1.33.